The number of aryl methyl sites for hydroxylation is 1. The number of thiazole rings is 1. The van der Waals surface area contributed by atoms with Gasteiger partial charge in [0.15, 0.2) is 5.13 Å². The lowest BCUT2D eigenvalue weighted by Crippen LogP contribution is -1.92. The number of hydrogen-bond acceptors (Lipinski definition) is 6. The number of carbonyl (C=O) groups excluding carboxylic acids is 2. The first-order chi connectivity index (χ1) is 19.1. The van der Waals surface area contributed by atoms with E-state index in [0.29, 0.717) is 0 Å². The van der Waals surface area contributed by atoms with E-state index in [2.05, 4.69) is 90.0 Å². The SMILES string of the molecule is C/C=C(\N=C(C)c1cnc(Nc2ccc(C)cc2)s1)c1ccc2ccccc2c1.C=O.C=O.CC.CC.CC. The molecule has 0 spiro atoms. The predicted octanol–water partition coefficient (Wildman–Crippen LogP) is 9.93. The lowest BCUT2D eigenvalue weighted by atomic mass is 10.0. The minimum Gasteiger partial charge on any atom is -0.332 e. The molecule has 3 aromatic carbocycles. The van der Waals surface area contributed by atoms with Crippen LogP contribution in [0.25, 0.3) is 16.5 Å². The smallest absolute Gasteiger partial charge is 0.187 e. The highest BCUT2D eigenvalue weighted by Crippen LogP contribution is 2.26. The van der Waals surface area contributed by atoms with Crippen LogP contribution in [0, 0.1) is 6.92 Å². The Bertz CT molecular complexity index is 1240. The van der Waals surface area contributed by atoms with E-state index in [1.165, 1.54) is 16.3 Å². The van der Waals surface area contributed by atoms with Gasteiger partial charge in [-0.3, -0.25) is 4.99 Å². The summed E-state index contributed by atoms with van der Waals surface area (Å²) in [5.74, 6) is 0. The summed E-state index contributed by atoms with van der Waals surface area (Å²) in [6.07, 6.45) is 3.94. The molecular weight excluding hydrogens is 502 g/mol. The van der Waals surface area contributed by atoms with Crippen molar-refractivity contribution >= 4 is 57.9 Å². The molecule has 4 aromatic rings. The average molecular weight is 548 g/mol. The maximum absolute atomic E-state index is 8.00. The first-order valence-corrected chi connectivity index (χ1v) is 14.0. The summed E-state index contributed by atoms with van der Waals surface area (Å²) in [5, 5.41) is 6.69. The summed E-state index contributed by atoms with van der Waals surface area (Å²) in [7, 11) is 0. The van der Waals surface area contributed by atoms with Gasteiger partial charge in [0.1, 0.15) is 13.6 Å². The fraction of sp³-hybridized carbons (Fsp3) is 0.273. The number of hydrogen-bond donors (Lipinski definition) is 1. The Hall–Kier alpha value is -3.90. The van der Waals surface area contributed by atoms with Gasteiger partial charge < -0.3 is 14.9 Å². The molecule has 0 aliphatic rings. The molecule has 0 atom stereocenters. The van der Waals surface area contributed by atoms with E-state index in [9.17, 15) is 0 Å². The van der Waals surface area contributed by atoms with Gasteiger partial charge in [0.2, 0.25) is 0 Å². The third kappa shape index (κ3) is 12.5. The molecule has 1 N–H and O–H groups in total. The number of aromatic nitrogens is 1. The van der Waals surface area contributed by atoms with Crippen LogP contribution in [0.4, 0.5) is 10.8 Å². The van der Waals surface area contributed by atoms with Gasteiger partial charge in [-0.25, -0.2) is 4.98 Å². The van der Waals surface area contributed by atoms with E-state index in [4.69, 9.17) is 14.6 Å². The predicted molar refractivity (Wildman–Crippen MR) is 175 cm³/mol. The summed E-state index contributed by atoms with van der Waals surface area (Å²) in [5.41, 5.74) is 5.32. The third-order valence-electron chi connectivity index (χ3n) is 4.77. The van der Waals surface area contributed by atoms with E-state index in [1.54, 1.807) is 11.3 Å². The highest BCUT2D eigenvalue weighted by molar-refractivity contribution is 7.17. The van der Waals surface area contributed by atoms with Crippen molar-refractivity contribution in [2.75, 3.05) is 5.32 Å². The van der Waals surface area contributed by atoms with Crippen molar-refractivity contribution in [3.63, 3.8) is 0 Å². The second-order valence-electron chi connectivity index (χ2n) is 6.95. The summed E-state index contributed by atoms with van der Waals surface area (Å²) in [6, 6.07) is 23.2. The van der Waals surface area contributed by atoms with Crippen molar-refractivity contribution in [2.45, 2.75) is 62.3 Å². The van der Waals surface area contributed by atoms with Crippen molar-refractivity contribution in [3.05, 3.63) is 95.0 Å². The number of benzene rings is 3. The largest absolute Gasteiger partial charge is 0.332 e. The second-order valence-corrected chi connectivity index (χ2v) is 7.98. The molecule has 0 aliphatic heterocycles. The molecule has 0 aliphatic carbocycles. The molecule has 0 saturated heterocycles. The number of nitrogens with one attached hydrogen (secondary N) is 1. The number of rotatable bonds is 5. The van der Waals surface area contributed by atoms with E-state index in [0.717, 1.165) is 32.7 Å². The molecule has 5 nitrogen and oxygen atoms in total. The molecule has 0 radical (unpaired) electrons. The molecule has 6 heteroatoms. The Morgan fingerprint density at radius 1 is 0.846 bits per heavy atom. The van der Waals surface area contributed by atoms with Crippen LogP contribution in [-0.2, 0) is 9.59 Å². The molecule has 0 unspecified atom stereocenters. The van der Waals surface area contributed by atoms with Crippen LogP contribution in [0.2, 0.25) is 0 Å². The van der Waals surface area contributed by atoms with Gasteiger partial charge >= 0.3 is 0 Å². The van der Waals surface area contributed by atoms with Crippen molar-refractivity contribution < 1.29 is 9.59 Å². The second kappa shape index (κ2) is 23.2. The molecule has 39 heavy (non-hydrogen) atoms. The molecule has 0 fully saturated rings. The van der Waals surface area contributed by atoms with Crippen LogP contribution in [-0.4, -0.2) is 24.3 Å². The Morgan fingerprint density at radius 2 is 1.41 bits per heavy atom. The Morgan fingerprint density at radius 3 is 1.97 bits per heavy atom. The molecule has 4 rings (SSSR count). The van der Waals surface area contributed by atoms with Gasteiger partial charge in [-0.1, -0.05) is 113 Å². The summed E-state index contributed by atoms with van der Waals surface area (Å²) < 4.78 is 0. The zero-order chi connectivity index (χ0) is 30.2. The normalized spacial score (nSPS) is 9.87. The van der Waals surface area contributed by atoms with Gasteiger partial charge in [0, 0.05) is 17.4 Å². The number of anilines is 2. The number of fused-ring (bicyclic) bond motifs is 1. The minimum atomic E-state index is 0.867. The number of allylic oxidation sites excluding steroid dienone is 1. The maximum Gasteiger partial charge on any atom is 0.187 e. The number of aliphatic imine (C=N–C) groups is 1. The molecular formula is C33H45N3O2S. The molecule has 0 bridgehead atoms. The van der Waals surface area contributed by atoms with Crippen LogP contribution < -0.4 is 5.32 Å². The van der Waals surface area contributed by atoms with E-state index in [1.807, 2.05) is 75.2 Å². The lowest BCUT2D eigenvalue weighted by Gasteiger charge is -2.06. The van der Waals surface area contributed by atoms with E-state index >= 15 is 0 Å². The first-order valence-electron chi connectivity index (χ1n) is 13.2. The van der Waals surface area contributed by atoms with Crippen molar-refractivity contribution in [2.24, 2.45) is 4.99 Å². The highest BCUT2D eigenvalue weighted by Gasteiger charge is 2.08. The summed E-state index contributed by atoms with van der Waals surface area (Å²) in [6.45, 7) is 22.1. The van der Waals surface area contributed by atoms with Gasteiger partial charge in [-0.2, -0.15) is 0 Å². The van der Waals surface area contributed by atoms with Crippen LogP contribution >= 0.6 is 11.3 Å². The van der Waals surface area contributed by atoms with Crippen LogP contribution in [0.5, 0.6) is 0 Å². The third-order valence-corrected chi connectivity index (χ3v) is 5.79. The summed E-state index contributed by atoms with van der Waals surface area (Å²) in [4.78, 5) is 26.5. The van der Waals surface area contributed by atoms with Crippen molar-refractivity contribution in [1.29, 1.82) is 0 Å². The van der Waals surface area contributed by atoms with E-state index < -0.39 is 0 Å². The summed E-state index contributed by atoms with van der Waals surface area (Å²) >= 11 is 1.61. The number of carbonyl (C=O) groups is 2. The van der Waals surface area contributed by atoms with Gasteiger partial charge in [-0.05, 0) is 49.7 Å². The fourth-order valence-corrected chi connectivity index (χ4v) is 3.92. The zero-order valence-corrected chi connectivity index (χ0v) is 25.9. The quantitative estimate of drug-likeness (QED) is 0.252. The fourth-order valence-electron chi connectivity index (χ4n) is 3.14. The Labute approximate surface area is 239 Å². The molecule has 0 amide bonds. The van der Waals surface area contributed by atoms with Gasteiger partial charge in [-0.15, -0.1) is 0 Å². The van der Waals surface area contributed by atoms with E-state index in [-0.39, 0.29) is 0 Å². The minimum absolute atomic E-state index is 0.867. The molecule has 1 aromatic heterocycles. The van der Waals surface area contributed by atoms with Crippen LogP contribution in [0.3, 0.4) is 0 Å². The lowest BCUT2D eigenvalue weighted by molar-refractivity contribution is -0.0987. The van der Waals surface area contributed by atoms with Crippen molar-refractivity contribution in [1.82, 2.24) is 4.98 Å². The Kier molecular flexibility index (Phi) is 22.2. The van der Waals surface area contributed by atoms with Crippen LogP contribution in [0.1, 0.15) is 71.4 Å². The molecule has 210 valence electrons. The van der Waals surface area contributed by atoms with Crippen LogP contribution in [0.15, 0.2) is 84.0 Å². The average Bonchev–Trinajstić information content (AvgIpc) is 3.50. The Balaban J connectivity index is 0. The topological polar surface area (TPSA) is 71.4 Å². The molecule has 1 heterocycles. The monoisotopic (exact) mass is 547 g/mol. The standard InChI is InChI=1S/C25H23N3S.3C2H6.2CH2O/c1-4-23(21-12-11-19-7-5-6-8-20(19)15-21)27-18(3)24-16-26-25(29-24)28-22-13-9-17(2)10-14-22;5*1-2/h4-16H,1-3H3,(H,26,28);3*1-2H3;2*1H2/b23-4-,27-18?;;;;;. The van der Waals surface area contributed by atoms with Crippen molar-refractivity contribution in [3.8, 4) is 0 Å². The first kappa shape index (κ1) is 37.3. The van der Waals surface area contributed by atoms with Gasteiger partial charge in [0.25, 0.3) is 0 Å². The highest BCUT2D eigenvalue weighted by atomic mass is 32.1. The zero-order valence-electron chi connectivity index (χ0n) is 25.0. The number of nitrogens with zero attached hydrogens (tertiary/aromatic N) is 2. The molecule has 0 saturated carbocycles. The maximum atomic E-state index is 8.00. The van der Waals surface area contributed by atoms with Gasteiger partial charge in [0.05, 0.1) is 16.3 Å².